The molecule has 2 heterocycles. The lowest BCUT2D eigenvalue weighted by Crippen LogP contribution is -2.10. The van der Waals surface area contributed by atoms with Gasteiger partial charge in [0.2, 0.25) is 0 Å². The number of halogens is 1. The Morgan fingerprint density at radius 1 is 1.36 bits per heavy atom. The molecule has 0 amide bonds. The van der Waals surface area contributed by atoms with Crippen LogP contribution in [0.3, 0.4) is 0 Å². The van der Waals surface area contributed by atoms with E-state index in [9.17, 15) is 4.39 Å². The highest BCUT2D eigenvalue weighted by molar-refractivity contribution is 5.79. The second kappa shape index (κ2) is 2.80. The standard InChI is InChI=1S/C11H13FN2/c1-11(2,3)8-6-13-9-4-7(12)5-14-10(8)9/h4-6,13H,1-3H3. The summed E-state index contributed by atoms with van der Waals surface area (Å²) < 4.78 is 12.9. The van der Waals surface area contributed by atoms with E-state index in [0.29, 0.717) is 0 Å². The van der Waals surface area contributed by atoms with Crippen LogP contribution >= 0.6 is 0 Å². The van der Waals surface area contributed by atoms with Crippen LogP contribution in [0.25, 0.3) is 11.0 Å². The zero-order chi connectivity index (χ0) is 10.3. The number of aromatic nitrogens is 2. The number of hydrogen-bond acceptors (Lipinski definition) is 1. The van der Waals surface area contributed by atoms with Gasteiger partial charge < -0.3 is 4.98 Å². The third kappa shape index (κ3) is 1.39. The number of nitrogens with one attached hydrogen (secondary N) is 1. The van der Waals surface area contributed by atoms with Crippen molar-refractivity contribution >= 4 is 11.0 Å². The predicted molar refractivity (Wildman–Crippen MR) is 54.8 cm³/mol. The van der Waals surface area contributed by atoms with Gasteiger partial charge in [-0.3, -0.25) is 4.98 Å². The van der Waals surface area contributed by atoms with Crippen LogP contribution in [0.5, 0.6) is 0 Å². The van der Waals surface area contributed by atoms with Crippen molar-refractivity contribution in [3.8, 4) is 0 Å². The van der Waals surface area contributed by atoms with Crippen LogP contribution in [-0.2, 0) is 5.41 Å². The van der Waals surface area contributed by atoms with Gasteiger partial charge in [0.05, 0.1) is 17.2 Å². The molecule has 0 unspecified atom stereocenters. The largest absolute Gasteiger partial charge is 0.359 e. The molecule has 0 aliphatic rings. The minimum atomic E-state index is -0.306. The number of H-pyrrole nitrogens is 1. The number of hydrogen-bond donors (Lipinski definition) is 1. The summed E-state index contributed by atoms with van der Waals surface area (Å²) in [5.41, 5.74) is 2.77. The minimum absolute atomic E-state index is 0.0308. The summed E-state index contributed by atoms with van der Waals surface area (Å²) in [6.45, 7) is 6.34. The molecule has 0 saturated carbocycles. The quantitative estimate of drug-likeness (QED) is 0.683. The molecule has 0 aliphatic carbocycles. The van der Waals surface area contributed by atoms with Gasteiger partial charge in [0.25, 0.3) is 0 Å². The van der Waals surface area contributed by atoms with Crippen LogP contribution in [0.1, 0.15) is 26.3 Å². The predicted octanol–water partition coefficient (Wildman–Crippen LogP) is 3.00. The number of rotatable bonds is 0. The van der Waals surface area contributed by atoms with Gasteiger partial charge in [0.1, 0.15) is 5.82 Å². The van der Waals surface area contributed by atoms with Gasteiger partial charge in [0.15, 0.2) is 0 Å². The molecule has 74 valence electrons. The van der Waals surface area contributed by atoms with Crippen LogP contribution in [-0.4, -0.2) is 9.97 Å². The first-order chi connectivity index (χ1) is 6.48. The molecule has 0 bridgehead atoms. The topological polar surface area (TPSA) is 28.7 Å². The fourth-order valence-electron chi connectivity index (χ4n) is 1.55. The fraction of sp³-hybridized carbons (Fsp3) is 0.364. The summed E-state index contributed by atoms with van der Waals surface area (Å²) >= 11 is 0. The van der Waals surface area contributed by atoms with Crippen LogP contribution < -0.4 is 0 Å². The Morgan fingerprint density at radius 3 is 2.71 bits per heavy atom. The molecule has 2 nitrogen and oxygen atoms in total. The van der Waals surface area contributed by atoms with E-state index in [4.69, 9.17) is 0 Å². The summed E-state index contributed by atoms with van der Waals surface area (Å²) in [7, 11) is 0. The highest BCUT2D eigenvalue weighted by atomic mass is 19.1. The van der Waals surface area contributed by atoms with E-state index in [2.05, 4.69) is 30.7 Å². The van der Waals surface area contributed by atoms with Crippen LogP contribution in [0.15, 0.2) is 18.5 Å². The fourth-order valence-corrected chi connectivity index (χ4v) is 1.55. The number of aromatic amines is 1. The van der Waals surface area contributed by atoms with Crippen LogP contribution in [0, 0.1) is 5.82 Å². The molecule has 0 aromatic carbocycles. The Balaban J connectivity index is 2.70. The smallest absolute Gasteiger partial charge is 0.143 e. The molecule has 0 radical (unpaired) electrons. The zero-order valence-electron chi connectivity index (χ0n) is 8.56. The molecule has 1 N–H and O–H groups in total. The van der Waals surface area contributed by atoms with Crippen LogP contribution in [0.2, 0.25) is 0 Å². The summed E-state index contributed by atoms with van der Waals surface area (Å²) in [6, 6.07) is 1.47. The Labute approximate surface area is 82.2 Å². The minimum Gasteiger partial charge on any atom is -0.359 e. The summed E-state index contributed by atoms with van der Waals surface area (Å²) in [6.07, 6.45) is 3.16. The Bertz CT molecular complexity index is 466. The molecule has 0 saturated heterocycles. The van der Waals surface area contributed by atoms with Crippen LogP contribution in [0.4, 0.5) is 4.39 Å². The van der Waals surface area contributed by atoms with Gasteiger partial charge in [-0.1, -0.05) is 20.8 Å². The molecular weight excluding hydrogens is 179 g/mol. The average Bonchev–Trinajstić information content (AvgIpc) is 2.45. The molecule has 0 atom stereocenters. The van der Waals surface area contributed by atoms with Crippen molar-refractivity contribution in [2.75, 3.05) is 0 Å². The maximum Gasteiger partial charge on any atom is 0.143 e. The molecular formula is C11H13FN2. The second-order valence-electron chi connectivity index (χ2n) is 4.50. The van der Waals surface area contributed by atoms with E-state index in [0.717, 1.165) is 16.6 Å². The molecule has 14 heavy (non-hydrogen) atoms. The van der Waals surface area contributed by atoms with Gasteiger partial charge in [-0.15, -0.1) is 0 Å². The van der Waals surface area contributed by atoms with E-state index < -0.39 is 0 Å². The van der Waals surface area contributed by atoms with Crippen molar-refractivity contribution in [3.63, 3.8) is 0 Å². The Morgan fingerprint density at radius 2 is 2.07 bits per heavy atom. The first-order valence-corrected chi connectivity index (χ1v) is 4.61. The lowest BCUT2D eigenvalue weighted by Gasteiger charge is -2.16. The molecule has 0 aliphatic heterocycles. The second-order valence-corrected chi connectivity index (χ2v) is 4.50. The number of nitrogens with zero attached hydrogens (tertiary/aromatic N) is 1. The van der Waals surface area contributed by atoms with Gasteiger partial charge in [-0.25, -0.2) is 4.39 Å². The summed E-state index contributed by atoms with van der Waals surface area (Å²) in [5.74, 6) is -0.306. The third-order valence-corrected chi connectivity index (χ3v) is 2.29. The average molecular weight is 192 g/mol. The SMILES string of the molecule is CC(C)(C)c1c[nH]c2cc(F)cnc12. The molecule has 2 aromatic heterocycles. The van der Waals surface area contributed by atoms with E-state index in [1.165, 1.54) is 12.3 Å². The molecule has 2 aromatic rings. The highest BCUT2D eigenvalue weighted by Gasteiger charge is 2.19. The van der Waals surface area contributed by atoms with Crippen molar-refractivity contribution < 1.29 is 4.39 Å². The Hall–Kier alpha value is -1.38. The first-order valence-electron chi connectivity index (χ1n) is 4.61. The zero-order valence-corrected chi connectivity index (χ0v) is 8.56. The normalized spacial score (nSPS) is 12.3. The van der Waals surface area contributed by atoms with E-state index >= 15 is 0 Å². The highest BCUT2D eigenvalue weighted by Crippen LogP contribution is 2.28. The Kier molecular flexibility index (Phi) is 1.84. The maximum absolute atomic E-state index is 12.9. The first kappa shape index (κ1) is 9.19. The van der Waals surface area contributed by atoms with Gasteiger partial charge >= 0.3 is 0 Å². The van der Waals surface area contributed by atoms with Crippen molar-refractivity contribution in [2.45, 2.75) is 26.2 Å². The monoisotopic (exact) mass is 192 g/mol. The maximum atomic E-state index is 12.9. The van der Waals surface area contributed by atoms with Gasteiger partial charge in [-0.2, -0.15) is 0 Å². The van der Waals surface area contributed by atoms with E-state index in [1.54, 1.807) is 0 Å². The van der Waals surface area contributed by atoms with Crippen molar-refractivity contribution in [1.29, 1.82) is 0 Å². The van der Waals surface area contributed by atoms with Gasteiger partial charge in [0, 0.05) is 17.8 Å². The lowest BCUT2D eigenvalue weighted by molar-refractivity contribution is 0.593. The van der Waals surface area contributed by atoms with Crippen molar-refractivity contribution in [1.82, 2.24) is 9.97 Å². The molecule has 3 heteroatoms. The van der Waals surface area contributed by atoms with E-state index in [-0.39, 0.29) is 11.2 Å². The number of fused-ring (bicyclic) bond motifs is 1. The number of pyridine rings is 1. The molecule has 2 rings (SSSR count). The van der Waals surface area contributed by atoms with Crippen molar-refractivity contribution in [2.24, 2.45) is 0 Å². The van der Waals surface area contributed by atoms with E-state index in [1.807, 2.05) is 6.20 Å². The van der Waals surface area contributed by atoms with Gasteiger partial charge in [-0.05, 0) is 5.41 Å². The third-order valence-electron chi connectivity index (χ3n) is 2.29. The molecule has 0 spiro atoms. The molecule has 0 fully saturated rings. The summed E-state index contributed by atoms with van der Waals surface area (Å²) in [5, 5.41) is 0. The lowest BCUT2D eigenvalue weighted by atomic mass is 9.88. The summed E-state index contributed by atoms with van der Waals surface area (Å²) in [4.78, 5) is 7.13. The van der Waals surface area contributed by atoms with Crippen molar-refractivity contribution in [3.05, 3.63) is 29.8 Å².